The molecule has 0 amide bonds. The molecule has 2 atom stereocenters. The monoisotopic (exact) mass is 184 g/mol. The maximum Gasteiger partial charge on any atom is 0.0196 e. The summed E-state index contributed by atoms with van der Waals surface area (Å²) < 4.78 is 0. The first-order valence-corrected chi connectivity index (χ1v) is 5.57. The van der Waals surface area contributed by atoms with Crippen molar-refractivity contribution in [2.24, 2.45) is 17.6 Å². The van der Waals surface area contributed by atoms with Gasteiger partial charge in [-0.2, -0.15) is 0 Å². The van der Waals surface area contributed by atoms with Crippen LogP contribution in [0, 0.1) is 11.8 Å². The molecule has 78 valence electrons. The molecule has 13 heavy (non-hydrogen) atoms. The molecule has 0 saturated heterocycles. The molecule has 0 radical (unpaired) electrons. The van der Waals surface area contributed by atoms with Crippen molar-refractivity contribution in [3.05, 3.63) is 0 Å². The Morgan fingerprint density at radius 2 is 2.00 bits per heavy atom. The largest absolute Gasteiger partial charge is 0.326 e. The molecule has 0 aromatic rings. The summed E-state index contributed by atoms with van der Waals surface area (Å²) in [6, 6.07) is 0.425. The van der Waals surface area contributed by atoms with Crippen molar-refractivity contribution in [3.8, 4) is 0 Å². The minimum Gasteiger partial charge on any atom is -0.326 e. The Labute approximate surface area is 82.5 Å². The molecule has 1 saturated carbocycles. The molecule has 0 heterocycles. The van der Waals surface area contributed by atoms with E-state index in [9.17, 15) is 0 Å². The highest BCUT2D eigenvalue weighted by Gasteiger charge is 2.28. The van der Waals surface area contributed by atoms with Crippen LogP contribution in [0.1, 0.15) is 33.1 Å². The second-order valence-corrected chi connectivity index (χ2v) is 4.74. The highest BCUT2D eigenvalue weighted by atomic mass is 15.1. The van der Waals surface area contributed by atoms with E-state index in [2.05, 4.69) is 25.8 Å². The van der Waals surface area contributed by atoms with Crippen LogP contribution in [0.3, 0.4) is 0 Å². The summed E-state index contributed by atoms with van der Waals surface area (Å²) in [7, 11) is 2.19. The van der Waals surface area contributed by atoms with Crippen molar-refractivity contribution in [1.29, 1.82) is 0 Å². The zero-order valence-electron chi connectivity index (χ0n) is 9.29. The van der Waals surface area contributed by atoms with Crippen LogP contribution in [-0.2, 0) is 0 Å². The lowest BCUT2D eigenvalue weighted by Crippen LogP contribution is -2.38. The normalized spacial score (nSPS) is 21.9. The Morgan fingerprint density at radius 1 is 1.38 bits per heavy atom. The minimum atomic E-state index is 0.425. The van der Waals surface area contributed by atoms with Gasteiger partial charge in [-0.15, -0.1) is 0 Å². The minimum absolute atomic E-state index is 0.425. The second-order valence-electron chi connectivity index (χ2n) is 4.74. The fourth-order valence-electron chi connectivity index (χ4n) is 1.77. The fourth-order valence-corrected chi connectivity index (χ4v) is 1.77. The van der Waals surface area contributed by atoms with E-state index >= 15 is 0 Å². The van der Waals surface area contributed by atoms with Crippen LogP contribution in [0.25, 0.3) is 0 Å². The summed E-state index contributed by atoms with van der Waals surface area (Å²) in [4.78, 5) is 2.39. The number of hydrogen-bond donors (Lipinski definition) is 1. The maximum atomic E-state index is 6.06. The number of nitrogens with zero attached hydrogens (tertiary/aromatic N) is 1. The van der Waals surface area contributed by atoms with Crippen molar-refractivity contribution in [2.45, 2.75) is 39.2 Å². The zero-order chi connectivity index (χ0) is 9.84. The van der Waals surface area contributed by atoms with Gasteiger partial charge >= 0.3 is 0 Å². The van der Waals surface area contributed by atoms with Gasteiger partial charge in [-0.3, -0.25) is 0 Å². The molecule has 1 fully saturated rings. The number of rotatable bonds is 6. The van der Waals surface area contributed by atoms with E-state index in [0.29, 0.717) is 6.04 Å². The van der Waals surface area contributed by atoms with Gasteiger partial charge in [-0.25, -0.2) is 0 Å². The van der Waals surface area contributed by atoms with E-state index in [0.717, 1.165) is 18.4 Å². The molecule has 0 bridgehead atoms. The molecule has 2 nitrogen and oxygen atoms in total. The van der Waals surface area contributed by atoms with E-state index in [1.54, 1.807) is 0 Å². The third kappa shape index (κ3) is 4.10. The van der Waals surface area contributed by atoms with Crippen molar-refractivity contribution in [2.75, 3.05) is 20.1 Å². The first-order chi connectivity index (χ1) is 6.13. The molecular weight excluding hydrogens is 160 g/mol. The van der Waals surface area contributed by atoms with Gasteiger partial charge in [0.15, 0.2) is 0 Å². The number of likely N-dealkylation sites (N-methyl/N-ethyl adjacent to an activating group) is 1. The zero-order valence-corrected chi connectivity index (χ0v) is 9.29. The summed E-state index contributed by atoms with van der Waals surface area (Å²) in [6.07, 6.45) is 3.99. The fraction of sp³-hybridized carbons (Fsp3) is 1.00. The molecule has 1 rings (SSSR count). The Morgan fingerprint density at radius 3 is 2.46 bits per heavy atom. The molecule has 0 aromatic heterocycles. The van der Waals surface area contributed by atoms with Gasteiger partial charge < -0.3 is 10.6 Å². The summed E-state index contributed by atoms with van der Waals surface area (Å²) >= 11 is 0. The Bertz CT molecular complexity index is 143. The predicted octanol–water partition coefficient (Wildman–Crippen LogP) is 1.70. The molecule has 0 spiro atoms. The van der Waals surface area contributed by atoms with Gasteiger partial charge in [0.25, 0.3) is 0 Å². The van der Waals surface area contributed by atoms with Gasteiger partial charge in [0.1, 0.15) is 0 Å². The lowest BCUT2D eigenvalue weighted by Gasteiger charge is -2.23. The van der Waals surface area contributed by atoms with Crippen molar-refractivity contribution in [3.63, 3.8) is 0 Å². The summed E-state index contributed by atoms with van der Waals surface area (Å²) in [5.74, 6) is 1.63. The number of nitrogens with two attached hydrogens (primary N) is 1. The Hall–Kier alpha value is -0.0800. The average Bonchev–Trinajstić information content (AvgIpc) is 2.85. The van der Waals surface area contributed by atoms with E-state index in [-0.39, 0.29) is 0 Å². The van der Waals surface area contributed by atoms with Gasteiger partial charge in [0, 0.05) is 19.1 Å². The van der Waals surface area contributed by atoms with Crippen LogP contribution in [0.15, 0.2) is 0 Å². The van der Waals surface area contributed by atoms with Crippen molar-refractivity contribution < 1.29 is 0 Å². The molecule has 1 aliphatic rings. The van der Waals surface area contributed by atoms with E-state index in [1.165, 1.54) is 25.8 Å². The predicted molar refractivity (Wildman–Crippen MR) is 57.7 cm³/mol. The van der Waals surface area contributed by atoms with E-state index in [1.807, 2.05) is 0 Å². The molecule has 0 aliphatic heterocycles. The first-order valence-electron chi connectivity index (χ1n) is 5.57. The van der Waals surface area contributed by atoms with Crippen LogP contribution in [0.5, 0.6) is 0 Å². The second kappa shape index (κ2) is 4.97. The lowest BCUT2D eigenvalue weighted by molar-refractivity contribution is 0.258. The molecule has 1 aliphatic carbocycles. The maximum absolute atomic E-state index is 6.06. The highest BCUT2D eigenvalue weighted by Crippen LogP contribution is 2.31. The van der Waals surface area contributed by atoms with Crippen LogP contribution in [-0.4, -0.2) is 31.1 Å². The topological polar surface area (TPSA) is 29.3 Å². The SMILES string of the molecule is CCC(C)CN(C)CC(N)C1CC1. The third-order valence-electron chi connectivity index (χ3n) is 3.07. The highest BCUT2D eigenvalue weighted by molar-refractivity contribution is 4.85. The summed E-state index contributed by atoms with van der Waals surface area (Å²) in [5, 5.41) is 0. The lowest BCUT2D eigenvalue weighted by atomic mass is 10.1. The standard InChI is InChI=1S/C11H24N2/c1-4-9(2)7-13(3)8-11(12)10-5-6-10/h9-11H,4-8,12H2,1-3H3. The molecule has 2 N–H and O–H groups in total. The first kappa shape index (κ1) is 11.0. The van der Waals surface area contributed by atoms with E-state index in [4.69, 9.17) is 5.73 Å². The van der Waals surface area contributed by atoms with Crippen molar-refractivity contribution in [1.82, 2.24) is 4.90 Å². The van der Waals surface area contributed by atoms with Gasteiger partial charge in [0.05, 0.1) is 0 Å². The van der Waals surface area contributed by atoms with Crippen LogP contribution in [0.4, 0.5) is 0 Å². The summed E-state index contributed by atoms with van der Waals surface area (Å²) in [5.41, 5.74) is 6.06. The third-order valence-corrected chi connectivity index (χ3v) is 3.07. The summed E-state index contributed by atoms with van der Waals surface area (Å²) in [6.45, 7) is 6.82. The van der Waals surface area contributed by atoms with Gasteiger partial charge in [0.2, 0.25) is 0 Å². The quantitative estimate of drug-likeness (QED) is 0.681. The van der Waals surface area contributed by atoms with Crippen LogP contribution >= 0.6 is 0 Å². The van der Waals surface area contributed by atoms with Crippen LogP contribution in [0.2, 0.25) is 0 Å². The number of hydrogen-bond acceptors (Lipinski definition) is 2. The van der Waals surface area contributed by atoms with Gasteiger partial charge in [-0.05, 0) is 31.7 Å². The molecule has 2 heteroatoms. The Balaban J connectivity index is 2.11. The Kier molecular flexibility index (Phi) is 4.20. The van der Waals surface area contributed by atoms with E-state index < -0.39 is 0 Å². The van der Waals surface area contributed by atoms with Gasteiger partial charge in [-0.1, -0.05) is 20.3 Å². The van der Waals surface area contributed by atoms with Crippen molar-refractivity contribution >= 4 is 0 Å². The smallest absolute Gasteiger partial charge is 0.0196 e. The molecule has 2 unspecified atom stereocenters. The molecule has 0 aromatic carbocycles. The molecular formula is C11H24N2. The van der Waals surface area contributed by atoms with Crippen LogP contribution < -0.4 is 5.73 Å². The average molecular weight is 184 g/mol.